The number of benzene rings is 2. The fourth-order valence-electron chi connectivity index (χ4n) is 2.23. The van der Waals surface area contributed by atoms with Crippen LogP contribution in [0.3, 0.4) is 0 Å². The lowest BCUT2D eigenvalue weighted by Crippen LogP contribution is -2.23. The first-order valence-electron chi connectivity index (χ1n) is 7.38. The predicted molar refractivity (Wildman–Crippen MR) is 85.6 cm³/mol. The molecule has 0 spiro atoms. The first-order chi connectivity index (χ1) is 11.5. The van der Waals surface area contributed by atoms with Gasteiger partial charge in [-0.3, -0.25) is 14.9 Å². The standard InChI is InChI=1S/C17H17FN2O4/c18-16-6-4-13(8-14(16)11-21)10-19-17(22)7-5-12-2-1-3-15(9-12)20(23)24/h1-4,6,8-9,21H,5,7,10-11H2,(H,19,22). The number of carbonyl (C=O) groups excluding carboxylic acids is 1. The van der Waals surface area contributed by atoms with Crippen LogP contribution in [-0.2, 0) is 24.4 Å². The van der Waals surface area contributed by atoms with Crippen molar-refractivity contribution in [3.05, 3.63) is 75.1 Å². The van der Waals surface area contributed by atoms with Crippen LogP contribution in [0, 0.1) is 15.9 Å². The fourth-order valence-corrected chi connectivity index (χ4v) is 2.23. The quantitative estimate of drug-likeness (QED) is 0.602. The average molecular weight is 332 g/mol. The lowest BCUT2D eigenvalue weighted by atomic mass is 10.1. The summed E-state index contributed by atoms with van der Waals surface area (Å²) in [6.45, 7) is -0.179. The summed E-state index contributed by atoms with van der Waals surface area (Å²) in [4.78, 5) is 22.1. The maximum atomic E-state index is 13.3. The Balaban J connectivity index is 1.85. The number of nitro groups is 1. The predicted octanol–water partition coefficient (Wildman–Crippen LogP) is 2.48. The van der Waals surface area contributed by atoms with Crippen molar-refractivity contribution < 1.29 is 19.2 Å². The number of non-ortho nitro benzene ring substituents is 1. The fraction of sp³-hybridized carbons (Fsp3) is 0.235. The molecule has 0 fully saturated rings. The Morgan fingerprint density at radius 1 is 1.21 bits per heavy atom. The number of hydrogen-bond donors (Lipinski definition) is 2. The number of amides is 1. The first kappa shape index (κ1) is 17.6. The molecule has 0 aromatic heterocycles. The Labute approximate surface area is 138 Å². The number of nitrogens with one attached hydrogen (secondary N) is 1. The van der Waals surface area contributed by atoms with Crippen LogP contribution >= 0.6 is 0 Å². The topological polar surface area (TPSA) is 92.5 Å². The molecule has 2 rings (SSSR count). The number of aliphatic hydroxyl groups is 1. The molecule has 2 N–H and O–H groups in total. The largest absolute Gasteiger partial charge is 0.392 e. The Morgan fingerprint density at radius 2 is 2.00 bits per heavy atom. The Hall–Kier alpha value is -2.80. The molecule has 7 heteroatoms. The van der Waals surface area contributed by atoms with Crippen LogP contribution in [-0.4, -0.2) is 15.9 Å². The van der Waals surface area contributed by atoms with Crippen molar-refractivity contribution in [1.82, 2.24) is 5.32 Å². The molecule has 0 unspecified atom stereocenters. The second-order valence-corrected chi connectivity index (χ2v) is 5.29. The molecular formula is C17H17FN2O4. The SMILES string of the molecule is O=C(CCc1cccc([N+](=O)[O-])c1)NCc1ccc(F)c(CO)c1. The summed E-state index contributed by atoms with van der Waals surface area (Å²) in [5.74, 6) is -0.699. The lowest BCUT2D eigenvalue weighted by Gasteiger charge is -2.07. The van der Waals surface area contributed by atoms with E-state index in [1.807, 2.05) is 0 Å². The highest BCUT2D eigenvalue weighted by Gasteiger charge is 2.08. The zero-order valence-corrected chi connectivity index (χ0v) is 12.9. The van der Waals surface area contributed by atoms with Gasteiger partial charge in [-0.25, -0.2) is 4.39 Å². The summed E-state index contributed by atoms with van der Waals surface area (Å²) in [5.41, 5.74) is 1.57. The Kier molecular flexibility index (Phi) is 5.97. The number of nitro benzene ring substituents is 1. The van der Waals surface area contributed by atoms with Crippen molar-refractivity contribution in [3.8, 4) is 0 Å². The van der Waals surface area contributed by atoms with Crippen LogP contribution < -0.4 is 5.32 Å². The van der Waals surface area contributed by atoms with E-state index >= 15 is 0 Å². The van der Waals surface area contributed by atoms with E-state index in [9.17, 15) is 19.3 Å². The van der Waals surface area contributed by atoms with Crippen molar-refractivity contribution in [2.45, 2.75) is 26.0 Å². The van der Waals surface area contributed by atoms with Crippen LogP contribution in [0.15, 0.2) is 42.5 Å². The molecule has 2 aromatic carbocycles. The normalized spacial score (nSPS) is 10.4. The number of aliphatic hydroxyl groups excluding tert-OH is 1. The van der Waals surface area contributed by atoms with E-state index in [2.05, 4.69) is 5.32 Å². The molecule has 0 aliphatic heterocycles. The van der Waals surface area contributed by atoms with E-state index in [1.54, 1.807) is 12.1 Å². The third kappa shape index (κ3) is 4.85. The number of rotatable bonds is 7. The Bertz CT molecular complexity index is 749. The minimum absolute atomic E-state index is 0.00393. The number of carbonyl (C=O) groups is 1. The number of halogens is 1. The summed E-state index contributed by atoms with van der Waals surface area (Å²) in [7, 11) is 0. The van der Waals surface area contributed by atoms with Crippen LogP contribution in [0.25, 0.3) is 0 Å². The van der Waals surface area contributed by atoms with Crippen molar-refractivity contribution in [3.63, 3.8) is 0 Å². The van der Waals surface area contributed by atoms with Gasteiger partial charge < -0.3 is 10.4 Å². The molecule has 24 heavy (non-hydrogen) atoms. The molecule has 0 saturated carbocycles. The van der Waals surface area contributed by atoms with Gasteiger partial charge in [0.2, 0.25) is 5.91 Å². The van der Waals surface area contributed by atoms with Gasteiger partial charge in [0.15, 0.2) is 0 Å². The minimum atomic E-state index is -0.488. The number of aryl methyl sites for hydroxylation is 1. The highest BCUT2D eigenvalue weighted by Crippen LogP contribution is 2.14. The highest BCUT2D eigenvalue weighted by atomic mass is 19.1. The highest BCUT2D eigenvalue weighted by molar-refractivity contribution is 5.76. The average Bonchev–Trinajstić information content (AvgIpc) is 2.59. The molecule has 0 heterocycles. The van der Waals surface area contributed by atoms with E-state index in [-0.39, 0.29) is 30.1 Å². The van der Waals surface area contributed by atoms with Gasteiger partial charge in [-0.2, -0.15) is 0 Å². The van der Waals surface area contributed by atoms with Gasteiger partial charge in [0, 0.05) is 30.7 Å². The zero-order valence-electron chi connectivity index (χ0n) is 12.9. The molecule has 0 radical (unpaired) electrons. The van der Waals surface area contributed by atoms with Gasteiger partial charge in [-0.1, -0.05) is 18.2 Å². The van der Waals surface area contributed by atoms with E-state index in [0.29, 0.717) is 17.5 Å². The van der Waals surface area contributed by atoms with Gasteiger partial charge in [-0.05, 0) is 29.7 Å². The summed E-state index contributed by atoms with van der Waals surface area (Å²) in [6, 6.07) is 10.4. The maximum absolute atomic E-state index is 13.3. The van der Waals surface area contributed by atoms with Gasteiger partial charge >= 0.3 is 0 Å². The zero-order chi connectivity index (χ0) is 17.5. The van der Waals surface area contributed by atoms with Crippen LogP contribution in [0.4, 0.5) is 10.1 Å². The van der Waals surface area contributed by atoms with Crippen molar-refractivity contribution in [2.75, 3.05) is 0 Å². The van der Waals surface area contributed by atoms with E-state index in [4.69, 9.17) is 5.11 Å². The molecular weight excluding hydrogens is 315 g/mol. The second kappa shape index (κ2) is 8.16. The Morgan fingerprint density at radius 3 is 2.71 bits per heavy atom. The molecule has 0 atom stereocenters. The molecule has 0 saturated heterocycles. The number of hydrogen-bond acceptors (Lipinski definition) is 4. The summed E-state index contributed by atoms with van der Waals surface area (Å²) >= 11 is 0. The molecule has 0 bridgehead atoms. The van der Waals surface area contributed by atoms with Gasteiger partial charge in [-0.15, -0.1) is 0 Å². The van der Waals surface area contributed by atoms with Crippen LogP contribution in [0.5, 0.6) is 0 Å². The molecule has 1 amide bonds. The van der Waals surface area contributed by atoms with E-state index in [0.717, 1.165) is 0 Å². The molecule has 126 valence electrons. The van der Waals surface area contributed by atoms with Crippen molar-refractivity contribution in [2.24, 2.45) is 0 Å². The van der Waals surface area contributed by atoms with Crippen LogP contribution in [0.1, 0.15) is 23.1 Å². The van der Waals surface area contributed by atoms with E-state index in [1.165, 1.54) is 30.3 Å². The molecule has 2 aromatic rings. The second-order valence-electron chi connectivity index (χ2n) is 5.29. The monoisotopic (exact) mass is 332 g/mol. The summed E-state index contributed by atoms with van der Waals surface area (Å²) < 4.78 is 13.3. The third-order valence-corrected chi connectivity index (χ3v) is 3.53. The van der Waals surface area contributed by atoms with Gasteiger partial charge in [0.1, 0.15) is 5.82 Å². The summed E-state index contributed by atoms with van der Waals surface area (Å²) in [5, 5.41) is 22.4. The third-order valence-electron chi connectivity index (χ3n) is 3.53. The molecule has 6 nitrogen and oxygen atoms in total. The van der Waals surface area contributed by atoms with Gasteiger partial charge in [0.25, 0.3) is 5.69 Å². The molecule has 0 aliphatic carbocycles. The summed E-state index contributed by atoms with van der Waals surface area (Å²) in [6.07, 6.45) is 0.577. The van der Waals surface area contributed by atoms with E-state index < -0.39 is 17.3 Å². The first-order valence-corrected chi connectivity index (χ1v) is 7.38. The maximum Gasteiger partial charge on any atom is 0.269 e. The van der Waals surface area contributed by atoms with Crippen molar-refractivity contribution in [1.29, 1.82) is 0 Å². The lowest BCUT2D eigenvalue weighted by molar-refractivity contribution is -0.384. The van der Waals surface area contributed by atoms with Crippen molar-refractivity contribution >= 4 is 11.6 Å². The van der Waals surface area contributed by atoms with Gasteiger partial charge in [0.05, 0.1) is 11.5 Å². The molecule has 0 aliphatic rings. The van der Waals surface area contributed by atoms with Crippen LogP contribution in [0.2, 0.25) is 0 Å². The minimum Gasteiger partial charge on any atom is -0.392 e. The smallest absolute Gasteiger partial charge is 0.269 e. The number of nitrogens with zero attached hydrogens (tertiary/aromatic N) is 1.